The Hall–Kier alpha value is -2.74. The monoisotopic (exact) mass is 494 g/mol. The average Bonchev–Trinajstić information content (AvgIpc) is 3.34. The van der Waals surface area contributed by atoms with Crippen LogP contribution in [0.1, 0.15) is 51.0 Å². The van der Waals surface area contributed by atoms with Crippen LogP contribution in [0, 0.1) is 11.8 Å². The summed E-state index contributed by atoms with van der Waals surface area (Å²) in [6.45, 7) is 4.68. The van der Waals surface area contributed by atoms with E-state index in [1.165, 1.54) is 4.90 Å². The first-order valence-corrected chi connectivity index (χ1v) is 13.2. The lowest BCUT2D eigenvalue weighted by Crippen LogP contribution is -2.46. The number of nitrogens with zero attached hydrogens (tertiary/aromatic N) is 1. The summed E-state index contributed by atoms with van der Waals surface area (Å²) in [5.41, 5.74) is 1.15. The van der Waals surface area contributed by atoms with Gasteiger partial charge < -0.3 is 19.5 Å². The second kappa shape index (κ2) is 13.0. The summed E-state index contributed by atoms with van der Waals surface area (Å²) >= 11 is 0. The Morgan fingerprint density at radius 1 is 1.08 bits per heavy atom. The van der Waals surface area contributed by atoms with Gasteiger partial charge in [0.05, 0.1) is 19.1 Å². The maximum absolute atomic E-state index is 13.8. The highest BCUT2D eigenvalue weighted by molar-refractivity contribution is 5.94. The zero-order chi connectivity index (χ0) is 25.2. The van der Waals surface area contributed by atoms with Gasteiger partial charge in [0.2, 0.25) is 5.91 Å². The van der Waals surface area contributed by atoms with Gasteiger partial charge in [0.25, 0.3) is 0 Å². The molecule has 1 saturated carbocycles. The zero-order valence-corrected chi connectivity index (χ0v) is 21.2. The van der Waals surface area contributed by atoms with Gasteiger partial charge in [-0.25, -0.2) is 9.69 Å². The van der Waals surface area contributed by atoms with Gasteiger partial charge in [0, 0.05) is 32.5 Å². The van der Waals surface area contributed by atoms with E-state index in [-0.39, 0.29) is 17.7 Å². The number of carbonyl (C=O) groups is 2. The van der Waals surface area contributed by atoms with E-state index in [0.29, 0.717) is 51.4 Å². The third kappa shape index (κ3) is 7.15. The second-order valence-corrected chi connectivity index (χ2v) is 9.79. The molecular weight excluding hydrogens is 456 g/mol. The molecule has 36 heavy (non-hydrogen) atoms. The number of ether oxygens (including phenoxy) is 3. The maximum Gasteiger partial charge on any atom is 0.421 e. The molecule has 0 bridgehead atoms. The summed E-state index contributed by atoms with van der Waals surface area (Å²) in [4.78, 5) is 28.2. The number of imide groups is 1. The smallest absolute Gasteiger partial charge is 0.410 e. The minimum Gasteiger partial charge on any atom is -0.410 e. The Labute approximate surface area is 214 Å². The standard InChI is InChI=1S/C29H38N2O5/c1-2-16-31(28(33)36-26-13-7-4-8-14-26)27(32)25(22-30-21-23-10-5-3-6-11-23)19-24-12-9-15-29(20-24)34-17-18-35-29/h3-8,10-11,13-14,24-25,30H,2,9,12,15-22H2,1H3/t24-,25-/m1/s1. The molecule has 1 heterocycles. The van der Waals surface area contributed by atoms with Gasteiger partial charge in [-0.3, -0.25) is 4.79 Å². The van der Waals surface area contributed by atoms with Crippen LogP contribution in [0.15, 0.2) is 60.7 Å². The van der Waals surface area contributed by atoms with Crippen LogP contribution in [0.5, 0.6) is 5.75 Å². The van der Waals surface area contributed by atoms with Gasteiger partial charge in [-0.2, -0.15) is 0 Å². The van der Waals surface area contributed by atoms with Crippen LogP contribution >= 0.6 is 0 Å². The maximum atomic E-state index is 13.8. The molecular formula is C29H38N2O5. The highest BCUT2D eigenvalue weighted by atomic mass is 16.7. The SMILES string of the molecule is CCCN(C(=O)Oc1ccccc1)C(=O)[C@@H](CNCc1ccccc1)C[C@H]1CCCC2(C1)OCCO2. The van der Waals surface area contributed by atoms with Crippen LogP contribution in [0.2, 0.25) is 0 Å². The van der Waals surface area contributed by atoms with Gasteiger partial charge in [-0.15, -0.1) is 0 Å². The van der Waals surface area contributed by atoms with E-state index < -0.39 is 11.9 Å². The number of para-hydroxylation sites is 1. The quantitative estimate of drug-likeness (QED) is 0.492. The van der Waals surface area contributed by atoms with Crippen molar-refractivity contribution in [3.63, 3.8) is 0 Å². The lowest BCUT2D eigenvalue weighted by Gasteiger charge is -2.37. The minimum atomic E-state index is -0.622. The molecule has 1 aliphatic carbocycles. The number of amides is 2. The van der Waals surface area contributed by atoms with Crippen LogP contribution in [-0.2, 0) is 20.8 Å². The Balaban J connectivity index is 1.46. The third-order valence-corrected chi connectivity index (χ3v) is 7.00. The molecule has 1 aliphatic heterocycles. The van der Waals surface area contributed by atoms with Gasteiger partial charge in [0.1, 0.15) is 5.75 Å². The first-order chi connectivity index (χ1) is 17.6. The Kier molecular flexibility index (Phi) is 9.50. The predicted molar refractivity (Wildman–Crippen MR) is 137 cm³/mol. The summed E-state index contributed by atoms with van der Waals surface area (Å²) in [6.07, 6.45) is 4.44. The van der Waals surface area contributed by atoms with E-state index >= 15 is 0 Å². The fourth-order valence-electron chi connectivity index (χ4n) is 5.30. The van der Waals surface area contributed by atoms with Crippen molar-refractivity contribution in [2.24, 2.45) is 11.8 Å². The van der Waals surface area contributed by atoms with E-state index in [0.717, 1.165) is 31.2 Å². The number of hydrogen-bond donors (Lipinski definition) is 1. The molecule has 0 radical (unpaired) electrons. The van der Waals surface area contributed by atoms with E-state index in [4.69, 9.17) is 14.2 Å². The van der Waals surface area contributed by atoms with Crippen molar-refractivity contribution in [2.45, 2.75) is 57.8 Å². The largest absolute Gasteiger partial charge is 0.421 e. The Morgan fingerprint density at radius 3 is 2.47 bits per heavy atom. The topological polar surface area (TPSA) is 77.1 Å². The molecule has 2 atom stereocenters. The van der Waals surface area contributed by atoms with Crippen molar-refractivity contribution < 1.29 is 23.8 Å². The van der Waals surface area contributed by atoms with Crippen molar-refractivity contribution in [2.75, 3.05) is 26.3 Å². The number of carbonyl (C=O) groups excluding carboxylic acids is 2. The lowest BCUT2D eigenvalue weighted by atomic mass is 9.79. The molecule has 7 nitrogen and oxygen atoms in total. The Morgan fingerprint density at radius 2 is 1.78 bits per heavy atom. The first-order valence-electron chi connectivity index (χ1n) is 13.2. The molecule has 2 amide bonds. The average molecular weight is 495 g/mol. The third-order valence-electron chi connectivity index (χ3n) is 7.00. The summed E-state index contributed by atoms with van der Waals surface area (Å²) in [6, 6.07) is 19.0. The van der Waals surface area contributed by atoms with E-state index in [9.17, 15) is 9.59 Å². The van der Waals surface area contributed by atoms with Crippen LogP contribution in [0.3, 0.4) is 0 Å². The molecule has 4 rings (SSSR count). The van der Waals surface area contributed by atoms with Crippen LogP contribution in [0.25, 0.3) is 0 Å². The predicted octanol–water partition coefficient (Wildman–Crippen LogP) is 5.15. The molecule has 1 spiro atoms. The molecule has 0 aromatic heterocycles. The van der Waals surface area contributed by atoms with Gasteiger partial charge in [-0.05, 0) is 42.9 Å². The molecule has 2 fully saturated rings. The van der Waals surface area contributed by atoms with Crippen molar-refractivity contribution in [1.82, 2.24) is 10.2 Å². The minimum absolute atomic E-state index is 0.189. The van der Waals surface area contributed by atoms with Crippen LogP contribution in [-0.4, -0.2) is 49.0 Å². The summed E-state index contributed by atoms with van der Waals surface area (Å²) in [5, 5.41) is 3.46. The molecule has 2 aromatic carbocycles. The Bertz CT molecular complexity index is 962. The van der Waals surface area contributed by atoms with Crippen LogP contribution in [0.4, 0.5) is 4.79 Å². The summed E-state index contributed by atoms with van der Waals surface area (Å²) in [7, 11) is 0. The number of hydrogen-bond acceptors (Lipinski definition) is 6. The lowest BCUT2D eigenvalue weighted by molar-refractivity contribution is -0.188. The highest BCUT2D eigenvalue weighted by Crippen LogP contribution is 2.41. The number of benzene rings is 2. The first kappa shape index (κ1) is 26.3. The van der Waals surface area contributed by atoms with Crippen molar-refractivity contribution in [3.8, 4) is 5.75 Å². The second-order valence-electron chi connectivity index (χ2n) is 9.79. The highest BCUT2D eigenvalue weighted by Gasteiger charge is 2.42. The fraction of sp³-hybridized carbons (Fsp3) is 0.517. The molecule has 1 N–H and O–H groups in total. The fourth-order valence-corrected chi connectivity index (χ4v) is 5.30. The van der Waals surface area contributed by atoms with Crippen molar-refractivity contribution >= 4 is 12.0 Å². The van der Waals surface area contributed by atoms with Crippen molar-refractivity contribution in [3.05, 3.63) is 66.2 Å². The van der Waals surface area contributed by atoms with Crippen LogP contribution < -0.4 is 10.1 Å². The van der Waals surface area contributed by atoms with Gasteiger partial charge in [-0.1, -0.05) is 61.9 Å². The normalized spacial score (nSPS) is 19.6. The van der Waals surface area contributed by atoms with Gasteiger partial charge >= 0.3 is 6.09 Å². The van der Waals surface area contributed by atoms with E-state index in [1.54, 1.807) is 24.3 Å². The molecule has 1 saturated heterocycles. The molecule has 2 aliphatic rings. The number of nitrogens with one attached hydrogen (secondary N) is 1. The summed E-state index contributed by atoms with van der Waals surface area (Å²) < 4.78 is 17.5. The summed E-state index contributed by atoms with van der Waals surface area (Å²) in [5.74, 6) is -0.321. The van der Waals surface area contributed by atoms with Crippen molar-refractivity contribution in [1.29, 1.82) is 0 Å². The molecule has 0 unspecified atom stereocenters. The van der Waals surface area contributed by atoms with E-state index in [2.05, 4.69) is 17.4 Å². The molecule has 2 aromatic rings. The molecule has 194 valence electrons. The van der Waals surface area contributed by atoms with E-state index in [1.807, 2.05) is 31.2 Å². The molecule has 7 heteroatoms. The number of rotatable bonds is 10. The zero-order valence-electron chi connectivity index (χ0n) is 21.2. The van der Waals surface area contributed by atoms with Gasteiger partial charge in [0.15, 0.2) is 5.79 Å².